The third-order valence-electron chi connectivity index (χ3n) is 2.71. The van der Waals surface area contributed by atoms with Gasteiger partial charge in [-0.15, -0.1) is 0 Å². The van der Waals surface area contributed by atoms with Crippen molar-refractivity contribution in [1.82, 2.24) is 10.3 Å². The number of rotatable bonds is 11. The van der Waals surface area contributed by atoms with Crippen molar-refractivity contribution in [2.24, 2.45) is 0 Å². The third-order valence-corrected chi connectivity index (χ3v) is 2.71. The van der Waals surface area contributed by atoms with Crippen LogP contribution in [0, 0.1) is 0 Å². The molecule has 0 radical (unpaired) electrons. The maximum absolute atomic E-state index is 5.46. The van der Waals surface area contributed by atoms with Crippen molar-refractivity contribution in [3.63, 3.8) is 0 Å². The summed E-state index contributed by atoms with van der Waals surface area (Å²) in [6.07, 6.45) is 3.61. The van der Waals surface area contributed by atoms with E-state index in [-0.39, 0.29) is 0 Å². The molecule has 0 saturated heterocycles. The summed E-state index contributed by atoms with van der Waals surface area (Å²) < 4.78 is 15.6. The fourth-order valence-electron chi connectivity index (χ4n) is 1.58. The van der Waals surface area contributed by atoms with Crippen molar-refractivity contribution in [2.75, 3.05) is 46.7 Å². The van der Waals surface area contributed by atoms with Gasteiger partial charge in [0.2, 0.25) is 0 Å². The SMILES string of the molecule is COCCOCCOCCN[C@@H](C)c1ccncc1. The molecule has 0 spiro atoms. The third kappa shape index (κ3) is 7.89. The van der Waals surface area contributed by atoms with Crippen LogP contribution < -0.4 is 5.32 Å². The molecule has 1 heterocycles. The lowest BCUT2D eigenvalue weighted by Gasteiger charge is -2.14. The molecule has 0 unspecified atom stereocenters. The number of aromatic nitrogens is 1. The lowest BCUT2D eigenvalue weighted by atomic mass is 10.1. The van der Waals surface area contributed by atoms with E-state index in [4.69, 9.17) is 14.2 Å². The molecule has 5 nitrogen and oxygen atoms in total. The number of methoxy groups -OCH3 is 1. The molecule has 1 N–H and O–H groups in total. The van der Waals surface area contributed by atoms with Crippen LogP contribution in [0.15, 0.2) is 24.5 Å². The van der Waals surface area contributed by atoms with Crippen LogP contribution in [0.5, 0.6) is 0 Å². The summed E-state index contributed by atoms with van der Waals surface area (Å²) in [5.74, 6) is 0. The Morgan fingerprint density at radius 2 is 1.68 bits per heavy atom. The average molecular weight is 268 g/mol. The summed E-state index contributed by atoms with van der Waals surface area (Å²) in [4.78, 5) is 4.00. The number of hydrogen-bond donors (Lipinski definition) is 1. The van der Waals surface area contributed by atoms with Crippen molar-refractivity contribution in [3.8, 4) is 0 Å². The van der Waals surface area contributed by atoms with Gasteiger partial charge in [0.05, 0.1) is 33.0 Å². The van der Waals surface area contributed by atoms with Gasteiger partial charge in [-0.1, -0.05) is 0 Å². The van der Waals surface area contributed by atoms with Crippen LogP contribution in [-0.2, 0) is 14.2 Å². The molecule has 1 aromatic rings. The molecule has 0 fully saturated rings. The highest BCUT2D eigenvalue weighted by Gasteiger charge is 2.02. The molecule has 108 valence electrons. The van der Waals surface area contributed by atoms with Crippen molar-refractivity contribution in [2.45, 2.75) is 13.0 Å². The van der Waals surface area contributed by atoms with Gasteiger partial charge in [0.15, 0.2) is 0 Å². The van der Waals surface area contributed by atoms with Gasteiger partial charge in [0.1, 0.15) is 0 Å². The van der Waals surface area contributed by atoms with Gasteiger partial charge in [-0.3, -0.25) is 4.98 Å². The maximum Gasteiger partial charge on any atom is 0.0701 e. The van der Waals surface area contributed by atoms with Crippen LogP contribution in [0.4, 0.5) is 0 Å². The Kier molecular flexibility index (Phi) is 9.18. The second kappa shape index (κ2) is 10.9. The Labute approximate surface area is 115 Å². The van der Waals surface area contributed by atoms with E-state index < -0.39 is 0 Å². The predicted molar refractivity (Wildman–Crippen MR) is 74.2 cm³/mol. The minimum atomic E-state index is 0.310. The van der Waals surface area contributed by atoms with Gasteiger partial charge in [0.25, 0.3) is 0 Å². The summed E-state index contributed by atoms with van der Waals surface area (Å²) >= 11 is 0. The highest BCUT2D eigenvalue weighted by Crippen LogP contribution is 2.09. The van der Waals surface area contributed by atoms with Crippen LogP contribution in [0.2, 0.25) is 0 Å². The topological polar surface area (TPSA) is 52.6 Å². The molecule has 1 rings (SSSR count). The molecule has 0 aliphatic heterocycles. The average Bonchev–Trinajstić information content (AvgIpc) is 2.46. The monoisotopic (exact) mass is 268 g/mol. The molecule has 1 atom stereocenters. The molecule has 0 aliphatic rings. The number of ether oxygens (including phenoxy) is 3. The highest BCUT2D eigenvalue weighted by atomic mass is 16.5. The number of nitrogens with one attached hydrogen (secondary N) is 1. The Morgan fingerprint density at radius 3 is 2.37 bits per heavy atom. The van der Waals surface area contributed by atoms with Crippen LogP contribution in [0.3, 0.4) is 0 Å². The van der Waals surface area contributed by atoms with Crippen molar-refractivity contribution in [3.05, 3.63) is 30.1 Å². The molecule has 0 aromatic carbocycles. The van der Waals surface area contributed by atoms with Gasteiger partial charge < -0.3 is 19.5 Å². The second-order valence-electron chi connectivity index (χ2n) is 4.17. The summed E-state index contributed by atoms with van der Waals surface area (Å²) in [6.45, 7) is 6.12. The first kappa shape index (κ1) is 16.0. The van der Waals surface area contributed by atoms with E-state index in [9.17, 15) is 0 Å². The van der Waals surface area contributed by atoms with E-state index >= 15 is 0 Å². The number of nitrogens with zero attached hydrogens (tertiary/aromatic N) is 1. The first-order chi connectivity index (χ1) is 9.34. The molecular weight excluding hydrogens is 244 g/mol. The zero-order valence-corrected chi connectivity index (χ0v) is 11.8. The normalized spacial score (nSPS) is 12.5. The van der Waals surface area contributed by atoms with Crippen molar-refractivity contribution < 1.29 is 14.2 Å². The largest absolute Gasteiger partial charge is 0.382 e. The first-order valence-corrected chi connectivity index (χ1v) is 6.62. The lowest BCUT2D eigenvalue weighted by Crippen LogP contribution is -2.24. The molecule has 0 bridgehead atoms. The molecular formula is C14H24N2O3. The minimum absolute atomic E-state index is 0.310. The van der Waals surface area contributed by atoms with Gasteiger partial charge in [-0.2, -0.15) is 0 Å². The van der Waals surface area contributed by atoms with E-state index in [1.54, 1.807) is 19.5 Å². The zero-order valence-electron chi connectivity index (χ0n) is 11.8. The standard InChI is InChI=1S/C14H24N2O3/c1-13(14-3-5-15-6-4-14)16-7-8-18-11-12-19-10-9-17-2/h3-6,13,16H,7-12H2,1-2H3/t13-/m0/s1. The highest BCUT2D eigenvalue weighted by molar-refractivity contribution is 5.13. The van der Waals surface area contributed by atoms with Crippen molar-refractivity contribution >= 4 is 0 Å². The van der Waals surface area contributed by atoms with Crippen LogP contribution in [-0.4, -0.2) is 51.7 Å². The molecule has 0 aliphatic carbocycles. The summed E-state index contributed by atoms with van der Waals surface area (Å²) in [5, 5.41) is 3.40. The van der Waals surface area contributed by atoms with E-state index in [1.807, 2.05) is 12.1 Å². The first-order valence-electron chi connectivity index (χ1n) is 6.62. The Hall–Kier alpha value is -1.01. The molecule has 19 heavy (non-hydrogen) atoms. The van der Waals surface area contributed by atoms with E-state index in [0.717, 1.165) is 6.54 Å². The Balaban J connectivity index is 1.93. The lowest BCUT2D eigenvalue weighted by molar-refractivity contribution is 0.0253. The molecule has 0 amide bonds. The van der Waals surface area contributed by atoms with Crippen LogP contribution in [0.1, 0.15) is 18.5 Å². The fraction of sp³-hybridized carbons (Fsp3) is 0.643. The number of pyridine rings is 1. The number of hydrogen-bond acceptors (Lipinski definition) is 5. The van der Waals surface area contributed by atoms with Crippen molar-refractivity contribution in [1.29, 1.82) is 0 Å². The summed E-state index contributed by atoms with van der Waals surface area (Å²) in [6, 6.07) is 4.34. The van der Waals surface area contributed by atoms with Crippen LogP contribution >= 0.6 is 0 Å². The van der Waals surface area contributed by atoms with Gasteiger partial charge in [-0.25, -0.2) is 0 Å². The smallest absolute Gasteiger partial charge is 0.0701 e. The summed E-state index contributed by atoms with van der Waals surface area (Å²) in [5.41, 5.74) is 1.23. The Bertz CT molecular complexity index is 309. The maximum atomic E-state index is 5.46. The predicted octanol–water partition coefficient (Wildman–Crippen LogP) is 1.41. The molecule has 5 heteroatoms. The van der Waals surface area contributed by atoms with E-state index in [2.05, 4.69) is 17.2 Å². The minimum Gasteiger partial charge on any atom is -0.382 e. The second-order valence-corrected chi connectivity index (χ2v) is 4.17. The van der Waals surface area contributed by atoms with Crippen LogP contribution in [0.25, 0.3) is 0 Å². The van der Waals surface area contributed by atoms with Gasteiger partial charge >= 0.3 is 0 Å². The zero-order chi connectivity index (χ0) is 13.8. The Morgan fingerprint density at radius 1 is 1.05 bits per heavy atom. The summed E-state index contributed by atoms with van der Waals surface area (Å²) in [7, 11) is 1.66. The quantitative estimate of drug-likeness (QED) is 0.615. The molecule has 0 saturated carbocycles. The fourth-order valence-corrected chi connectivity index (χ4v) is 1.58. The van der Waals surface area contributed by atoms with E-state index in [1.165, 1.54) is 5.56 Å². The van der Waals surface area contributed by atoms with Gasteiger partial charge in [0, 0.05) is 32.1 Å². The van der Waals surface area contributed by atoms with E-state index in [0.29, 0.717) is 39.1 Å². The molecule has 1 aromatic heterocycles. The van der Waals surface area contributed by atoms with Gasteiger partial charge in [-0.05, 0) is 24.6 Å².